The molecule has 1 aromatic carbocycles. The molecule has 0 aliphatic carbocycles. The molecule has 0 amide bonds. The quantitative estimate of drug-likeness (QED) is 0.809. The molecule has 0 bridgehead atoms. The van der Waals surface area contributed by atoms with Crippen LogP contribution in [0.2, 0.25) is 0 Å². The first-order valence-corrected chi connectivity index (χ1v) is 6.13. The van der Waals surface area contributed by atoms with Crippen molar-refractivity contribution in [3.63, 3.8) is 0 Å². The van der Waals surface area contributed by atoms with Gasteiger partial charge in [-0.2, -0.15) is 0 Å². The standard InChI is InChI=1S/C14H20FN/c1-10-3-6-13(16-9-10)7-12-5-4-11(2)14(15)8-12/h4-5,8,10,13,16H,3,6-7,9H2,1-2H3. The molecule has 0 aromatic heterocycles. The Labute approximate surface area is 97.1 Å². The highest BCUT2D eigenvalue weighted by molar-refractivity contribution is 5.24. The van der Waals surface area contributed by atoms with Crippen molar-refractivity contribution in [2.45, 2.75) is 39.2 Å². The fraction of sp³-hybridized carbons (Fsp3) is 0.571. The normalized spacial score (nSPS) is 25.7. The van der Waals surface area contributed by atoms with Gasteiger partial charge in [0, 0.05) is 6.04 Å². The third-order valence-corrected chi connectivity index (χ3v) is 3.48. The molecule has 1 heterocycles. The van der Waals surface area contributed by atoms with Crippen molar-refractivity contribution in [3.05, 3.63) is 35.1 Å². The van der Waals surface area contributed by atoms with Crippen molar-refractivity contribution in [3.8, 4) is 0 Å². The van der Waals surface area contributed by atoms with Crippen molar-refractivity contribution in [1.82, 2.24) is 5.32 Å². The first-order chi connectivity index (χ1) is 7.65. The molecule has 88 valence electrons. The van der Waals surface area contributed by atoms with Gasteiger partial charge in [-0.05, 0) is 55.8 Å². The minimum Gasteiger partial charge on any atom is -0.313 e. The monoisotopic (exact) mass is 221 g/mol. The first-order valence-electron chi connectivity index (χ1n) is 6.13. The summed E-state index contributed by atoms with van der Waals surface area (Å²) >= 11 is 0. The van der Waals surface area contributed by atoms with E-state index in [-0.39, 0.29) is 5.82 Å². The maximum Gasteiger partial charge on any atom is 0.126 e. The largest absolute Gasteiger partial charge is 0.313 e. The van der Waals surface area contributed by atoms with Crippen LogP contribution in [0, 0.1) is 18.7 Å². The molecule has 2 unspecified atom stereocenters. The van der Waals surface area contributed by atoms with E-state index in [1.807, 2.05) is 12.1 Å². The Hall–Kier alpha value is -0.890. The van der Waals surface area contributed by atoms with E-state index in [9.17, 15) is 4.39 Å². The fourth-order valence-corrected chi connectivity index (χ4v) is 2.28. The Bertz CT molecular complexity index is 354. The summed E-state index contributed by atoms with van der Waals surface area (Å²) in [6, 6.07) is 6.11. The van der Waals surface area contributed by atoms with Crippen LogP contribution in [0.25, 0.3) is 0 Å². The van der Waals surface area contributed by atoms with Crippen molar-refractivity contribution < 1.29 is 4.39 Å². The molecule has 0 radical (unpaired) electrons. The van der Waals surface area contributed by atoms with Crippen molar-refractivity contribution in [1.29, 1.82) is 0 Å². The lowest BCUT2D eigenvalue weighted by Crippen LogP contribution is -2.39. The van der Waals surface area contributed by atoms with E-state index in [4.69, 9.17) is 0 Å². The summed E-state index contributed by atoms with van der Waals surface area (Å²) in [5.74, 6) is 0.702. The molecule has 0 spiro atoms. The molecule has 1 N–H and O–H groups in total. The van der Waals surface area contributed by atoms with E-state index < -0.39 is 0 Å². The summed E-state index contributed by atoms with van der Waals surface area (Å²) in [4.78, 5) is 0. The predicted molar refractivity (Wildman–Crippen MR) is 65.0 cm³/mol. The molecular formula is C14H20FN. The second-order valence-electron chi connectivity index (χ2n) is 5.08. The van der Waals surface area contributed by atoms with Crippen LogP contribution in [0.15, 0.2) is 18.2 Å². The van der Waals surface area contributed by atoms with Crippen molar-refractivity contribution in [2.75, 3.05) is 6.54 Å². The minimum atomic E-state index is -0.0818. The molecule has 1 nitrogen and oxygen atoms in total. The summed E-state index contributed by atoms with van der Waals surface area (Å²) in [6.07, 6.45) is 3.44. The maximum absolute atomic E-state index is 13.4. The van der Waals surface area contributed by atoms with Crippen LogP contribution in [-0.2, 0) is 6.42 Å². The van der Waals surface area contributed by atoms with E-state index >= 15 is 0 Å². The zero-order chi connectivity index (χ0) is 11.5. The van der Waals surface area contributed by atoms with Crippen LogP contribution >= 0.6 is 0 Å². The van der Waals surface area contributed by atoms with Gasteiger partial charge >= 0.3 is 0 Å². The van der Waals surface area contributed by atoms with Gasteiger partial charge in [0.05, 0.1) is 0 Å². The third kappa shape index (κ3) is 2.82. The Balaban J connectivity index is 1.96. The second-order valence-corrected chi connectivity index (χ2v) is 5.08. The van der Waals surface area contributed by atoms with Gasteiger partial charge in [0.2, 0.25) is 0 Å². The molecule has 1 fully saturated rings. The Morgan fingerprint density at radius 3 is 2.81 bits per heavy atom. The van der Waals surface area contributed by atoms with Crippen LogP contribution in [0.4, 0.5) is 4.39 Å². The minimum absolute atomic E-state index is 0.0818. The van der Waals surface area contributed by atoms with E-state index in [1.54, 1.807) is 13.0 Å². The third-order valence-electron chi connectivity index (χ3n) is 3.48. The van der Waals surface area contributed by atoms with Gasteiger partial charge in [0.25, 0.3) is 0 Å². The number of aryl methyl sites for hydroxylation is 1. The molecule has 1 saturated heterocycles. The fourth-order valence-electron chi connectivity index (χ4n) is 2.28. The number of halogens is 1. The number of benzene rings is 1. The molecular weight excluding hydrogens is 201 g/mol. The smallest absolute Gasteiger partial charge is 0.126 e. The van der Waals surface area contributed by atoms with Gasteiger partial charge in [-0.15, -0.1) is 0 Å². The number of hydrogen-bond acceptors (Lipinski definition) is 1. The SMILES string of the molecule is Cc1ccc(CC2CCC(C)CN2)cc1F. The van der Waals surface area contributed by atoms with Gasteiger partial charge in [0.15, 0.2) is 0 Å². The highest BCUT2D eigenvalue weighted by atomic mass is 19.1. The van der Waals surface area contributed by atoms with E-state index in [2.05, 4.69) is 12.2 Å². The highest BCUT2D eigenvalue weighted by Gasteiger charge is 2.17. The topological polar surface area (TPSA) is 12.0 Å². The number of rotatable bonds is 2. The van der Waals surface area contributed by atoms with Crippen LogP contribution in [0.3, 0.4) is 0 Å². The van der Waals surface area contributed by atoms with E-state index in [0.29, 0.717) is 6.04 Å². The summed E-state index contributed by atoms with van der Waals surface area (Å²) in [7, 11) is 0. The number of nitrogens with one attached hydrogen (secondary N) is 1. The maximum atomic E-state index is 13.4. The molecule has 2 rings (SSSR count). The first kappa shape index (κ1) is 11.6. The average molecular weight is 221 g/mol. The lowest BCUT2D eigenvalue weighted by molar-refractivity contribution is 0.326. The molecule has 0 saturated carbocycles. The van der Waals surface area contributed by atoms with E-state index in [0.717, 1.165) is 30.0 Å². The summed E-state index contributed by atoms with van der Waals surface area (Å²) < 4.78 is 13.4. The molecule has 1 aromatic rings. The van der Waals surface area contributed by atoms with Crippen LogP contribution < -0.4 is 5.32 Å². The molecule has 2 heteroatoms. The summed E-state index contributed by atoms with van der Waals surface area (Å²) in [6.45, 7) is 5.17. The highest BCUT2D eigenvalue weighted by Crippen LogP contribution is 2.18. The van der Waals surface area contributed by atoms with Crippen LogP contribution in [0.1, 0.15) is 30.9 Å². The summed E-state index contributed by atoms with van der Waals surface area (Å²) in [5, 5.41) is 3.53. The predicted octanol–water partition coefficient (Wildman–Crippen LogP) is 3.06. The lowest BCUT2D eigenvalue weighted by atomic mass is 9.92. The van der Waals surface area contributed by atoms with Crippen LogP contribution in [-0.4, -0.2) is 12.6 Å². The zero-order valence-electron chi connectivity index (χ0n) is 10.1. The Morgan fingerprint density at radius 2 is 2.19 bits per heavy atom. The van der Waals surface area contributed by atoms with Gasteiger partial charge in [-0.3, -0.25) is 0 Å². The van der Waals surface area contributed by atoms with Crippen molar-refractivity contribution >= 4 is 0 Å². The van der Waals surface area contributed by atoms with Crippen molar-refractivity contribution in [2.24, 2.45) is 5.92 Å². The number of hydrogen-bond donors (Lipinski definition) is 1. The Morgan fingerprint density at radius 1 is 1.38 bits per heavy atom. The molecule has 1 aliphatic rings. The molecule has 2 atom stereocenters. The average Bonchev–Trinajstić information content (AvgIpc) is 2.27. The molecule has 16 heavy (non-hydrogen) atoms. The van der Waals surface area contributed by atoms with Gasteiger partial charge in [-0.25, -0.2) is 4.39 Å². The molecule has 1 aliphatic heterocycles. The lowest BCUT2D eigenvalue weighted by Gasteiger charge is -2.27. The summed E-state index contributed by atoms with van der Waals surface area (Å²) in [5.41, 5.74) is 1.84. The Kier molecular flexibility index (Phi) is 3.59. The number of piperidine rings is 1. The van der Waals surface area contributed by atoms with Gasteiger partial charge in [-0.1, -0.05) is 19.1 Å². The van der Waals surface area contributed by atoms with E-state index in [1.165, 1.54) is 12.8 Å². The van der Waals surface area contributed by atoms with Gasteiger partial charge in [0.1, 0.15) is 5.82 Å². The van der Waals surface area contributed by atoms with Gasteiger partial charge < -0.3 is 5.32 Å². The zero-order valence-corrected chi connectivity index (χ0v) is 10.1. The second kappa shape index (κ2) is 4.96. The van der Waals surface area contributed by atoms with Crippen LogP contribution in [0.5, 0.6) is 0 Å².